The zero-order valence-corrected chi connectivity index (χ0v) is 19.0. The molecule has 0 radical (unpaired) electrons. The number of unbranched alkanes of at least 4 members (excludes halogenated alkanes) is 14. The highest BCUT2D eigenvalue weighted by Gasteiger charge is 2.24. The fourth-order valence-electron chi connectivity index (χ4n) is 4.26. The summed E-state index contributed by atoms with van der Waals surface area (Å²) in [7, 11) is 0. The lowest BCUT2D eigenvalue weighted by atomic mass is 9.97. The molecule has 28 heavy (non-hydrogen) atoms. The molecule has 1 heterocycles. The van der Waals surface area contributed by atoms with Gasteiger partial charge in [-0.3, -0.25) is 0 Å². The maximum absolute atomic E-state index is 8.76. The zero-order valence-electron chi connectivity index (χ0n) is 19.0. The quantitative estimate of drug-likeness (QED) is 0.210. The van der Waals surface area contributed by atoms with Gasteiger partial charge in [-0.2, -0.15) is 0 Å². The maximum Gasteiger partial charge on any atom is 0.0812 e. The predicted octanol–water partition coefficient (Wildman–Crippen LogP) is 7.05. The molecule has 2 atom stereocenters. The van der Waals surface area contributed by atoms with Crippen molar-refractivity contribution in [3.05, 3.63) is 0 Å². The normalized spacial score (nSPS) is 19.5. The molecule has 1 aliphatic rings. The average molecular weight is 399 g/mol. The molecule has 0 saturated carbocycles. The van der Waals surface area contributed by atoms with Gasteiger partial charge in [-0.1, -0.05) is 96.8 Å². The van der Waals surface area contributed by atoms with E-state index in [9.17, 15) is 0 Å². The van der Waals surface area contributed by atoms with E-state index in [1.807, 2.05) is 0 Å². The molecule has 0 aliphatic carbocycles. The van der Waals surface area contributed by atoms with Gasteiger partial charge in [0.15, 0.2) is 0 Å². The van der Waals surface area contributed by atoms with Gasteiger partial charge >= 0.3 is 0 Å². The van der Waals surface area contributed by atoms with E-state index in [1.165, 1.54) is 89.9 Å². The van der Waals surface area contributed by atoms with Crippen LogP contribution in [0.4, 0.5) is 0 Å². The number of aliphatic hydroxyl groups excluding tert-OH is 1. The molecule has 1 fully saturated rings. The summed E-state index contributed by atoms with van der Waals surface area (Å²) in [6.07, 6.45) is 24.3. The number of ether oxygens (including phenoxy) is 2. The fraction of sp³-hybridized carbons (Fsp3) is 1.00. The molecular weight excluding hydrogens is 348 g/mol. The van der Waals surface area contributed by atoms with E-state index in [-0.39, 0.29) is 0 Å². The van der Waals surface area contributed by atoms with Gasteiger partial charge in [0.05, 0.1) is 12.7 Å². The number of hydrogen-bond donors (Lipinski definition) is 1. The topological polar surface area (TPSA) is 38.7 Å². The fourth-order valence-corrected chi connectivity index (χ4v) is 4.26. The Morgan fingerprint density at radius 3 is 1.96 bits per heavy atom. The van der Waals surface area contributed by atoms with Gasteiger partial charge in [-0.15, -0.1) is 0 Å². The molecule has 0 bridgehead atoms. The van der Waals surface area contributed by atoms with Crippen LogP contribution < -0.4 is 0 Å². The van der Waals surface area contributed by atoms with Crippen molar-refractivity contribution in [3.63, 3.8) is 0 Å². The van der Waals surface area contributed by atoms with E-state index in [2.05, 4.69) is 6.92 Å². The van der Waals surface area contributed by atoms with Crippen molar-refractivity contribution >= 4 is 0 Å². The second kappa shape index (κ2) is 20.2. The average Bonchev–Trinajstić information content (AvgIpc) is 3.16. The van der Waals surface area contributed by atoms with Gasteiger partial charge in [-0.05, 0) is 31.6 Å². The Labute approximate surface area is 176 Å². The Balaban J connectivity index is 1.79. The molecule has 168 valence electrons. The molecule has 1 saturated heterocycles. The largest absolute Gasteiger partial charge is 0.396 e. The first-order chi connectivity index (χ1) is 13.9. The van der Waals surface area contributed by atoms with Gasteiger partial charge in [0.1, 0.15) is 0 Å². The lowest BCUT2D eigenvalue weighted by Gasteiger charge is -2.10. The molecule has 1 rings (SSSR count). The van der Waals surface area contributed by atoms with Gasteiger partial charge in [0.25, 0.3) is 0 Å². The lowest BCUT2D eigenvalue weighted by molar-refractivity contribution is 0.0153. The minimum absolute atomic E-state index is 0.317. The summed E-state index contributed by atoms with van der Waals surface area (Å²) in [5.41, 5.74) is 0. The van der Waals surface area contributed by atoms with E-state index in [4.69, 9.17) is 14.6 Å². The van der Waals surface area contributed by atoms with Crippen LogP contribution in [-0.2, 0) is 9.47 Å². The molecule has 0 aromatic heterocycles. The summed E-state index contributed by atoms with van der Waals surface area (Å²) < 4.78 is 11.7. The van der Waals surface area contributed by atoms with Crippen LogP contribution >= 0.6 is 0 Å². The smallest absolute Gasteiger partial charge is 0.0812 e. The highest BCUT2D eigenvalue weighted by molar-refractivity contribution is 4.73. The van der Waals surface area contributed by atoms with E-state index < -0.39 is 0 Å². The first-order valence-corrected chi connectivity index (χ1v) is 12.7. The van der Waals surface area contributed by atoms with E-state index in [0.29, 0.717) is 12.7 Å². The molecule has 0 spiro atoms. The molecule has 1 N–H and O–H groups in total. The molecule has 0 aromatic carbocycles. The van der Waals surface area contributed by atoms with Crippen molar-refractivity contribution < 1.29 is 14.6 Å². The van der Waals surface area contributed by atoms with Crippen LogP contribution in [0.25, 0.3) is 0 Å². The first-order valence-electron chi connectivity index (χ1n) is 12.7. The van der Waals surface area contributed by atoms with Gasteiger partial charge in [0, 0.05) is 19.8 Å². The zero-order chi connectivity index (χ0) is 20.1. The van der Waals surface area contributed by atoms with E-state index in [1.54, 1.807) is 0 Å². The monoisotopic (exact) mass is 398 g/mol. The Bertz CT molecular complexity index is 308. The second-order valence-corrected chi connectivity index (χ2v) is 8.95. The van der Waals surface area contributed by atoms with Crippen LogP contribution in [0.5, 0.6) is 0 Å². The molecule has 1 aliphatic heterocycles. The molecule has 3 heteroatoms. The van der Waals surface area contributed by atoms with Gasteiger partial charge < -0.3 is 14.6 Å². The Morgan fingerprint density at radius 1 is 0.750 bits per heavy atom. The molecule has 0 unspecified atom stereocenters. The molecule has 3 nitrogen and oxygen atoms in total. The highest BCUT2D eigenvalue weighted by atomic mass is 16.5. The number of aliphatic hydroxyl groups is 1. The van der Waals surface area contributed by atoms with E-state index in [0.717, 1.165) is 51.4 Å². The second-order valence-electron chi connectivity index (χ2n) is 8.95. The molecule has 0 amide bonds. The van der Waals surface area contributed by atoms with Crippen LogP contribution in [0.1, 0.15) is 122 Å². The van der Waals surface area contributed by atoms with Crippen LogP contribution in [0, 0.1) is 5.92 Å². The van der Waals surface area contributed by atoms with Crippen LogP contribution in [0.3, 0.4) is 0 Å². The van der Waals surface area contributed by atoms with Crippen molar-refractivity contribution in [1.82, 2.24) is 0 Å². The van der Waals surface area contributed by atoms with Crippen molar-refractivity contribution in [3.8, 4) is 0 Å². The van der Waals surface area contributed by atoms with Crippen LogP contribution in [-0.4, -0.2) is 37.6 Å². The SMILES string of the molecule is CCCCCCCCCCCCCC[C@H]1CO[C@H](COCCCCCCO)C1. The maximum atomic E-state index is 8.76. The lowest BCUT2D eigenvalue weighted by Crippen LogP contribution is -2.14. The molecule has 0 aromatic rings. The number of rotatable bonds is 21. The minimum atomic E-state index is 0.317. The van der Waals surface area contributed by atoms with Crippen molar-refractivity contribution in [2.75, 3.05) is 26.4 Å². The predicted molar refractivity (Wildman–Crippen MR) is 120 cm³/mol. The van der Waals surface area contributed by atoms with Crippen LogP contribution in [0.15, 0.2) is 0 Å². The third-order valence-electron chi connectivity index (χ3n) is 6.13. The summed E-state index contributed by atoms with van der Waals surface area (Å²) in [5.74, 6) is 0.765. The van der Waals surface area contributed by atoms with Crippen molar-refractivity contribution in [2.24, 2.45) is 5.92 Å². The van der Waals surface area contributed by atoms with Crippen molar-refractivity contribution in [1.29, 1.82) is 0 Å². The van der Waals surface area contributed by atoms with Gasteiger partial charge in [0.2, 0.25) is 0 Å². The molecular formula is C25H50O3. The Morgan fingerprint density at radius 2 is 1.32 bits per heavy atom. The third kappa shape index (κ3) is 15.8. The highest BCUT2D eigenvalue weighted by Crippen LogP contribution is 2.25. The summed E-state index contributed by atoms with van der Waals surface area (Å²) in [6, 6.07) is 0. The summed E-state index contributed by atoms with van der Waals surface area (Å²) in [6.45, 7) is 5.17. The summed E-state index contributed by atoms with van der Waals surface area (Å²) in [4.78, 5) is 0. The standard InChI is InChI=1S/C25H50O3/c1-2-3-4-5-6-7-8-9-10-11-12-15-18-24-21-25(28-22-24)23-27-20-17-14-13-16-19-26/h24-26H,2-23H2,1H3/t24-,25+/m1/s1. The summed E-state index contributed by atoms with van der Waals surface area (Å²) >= 11 is 0. The van der Waals surface area contributed by atoms with Crippen LogP contribution in [0.2, 0.25) is 0 Å². The van der Waals surface area contributed by atoms with Gasteiger partial charge in [-0.25, -0.2) is 0 Å². The third-order valence-corrected chi connectivity index (χ3v) is 6.13. The Kier molecular flexibility index (Phi) is 18.7. The first kappa shape index (κ1) is 25.9. The number of hydrogen-bond acceptors (Lipinski definition) is 3. The van der Waals surface area contributed by atoms with E-state index >= 15 is 0 Å². The van der Waals surface area contributed by atoms with Crippen molar-refractivity contribution in [2.45, 2.75) is 129 Å². The minimum Gasteiger partial charge on any atom is -0.396 e. The summed E-state index contributed by atoms with van der Waals surface area (Å²) in [5, 5.41) is 8.76. The Hall–Kier alpha value is -0.120.